The molecule has 0 bridgehead atoms. The van der Waals surface area contributed by atoms with Gasteiger partial charge in [0.2, 0.25) is 5.91 Å². The van der Waals surface area contributed by atoms with Gasteiger partial charge >= 0.3 is 0 Å². The molecule has 0 aliphatic carbocycles. The van der Waals surface area contributed by atoms with E-state index in [1.54, 1.807) is 0 Å². The van der Waals surface area contributed by atoms with Crippen LogP contribution >= 0.6 is 0 Å². The molecule has 0 unspecified atom stereocenters. The number of rotatable bonds is 4. The predicted octanol–water partition coefficient (Wildman–Crippen LogP) is 3.63. The number of ether oxygens (including phenoxy) is 1. The van der Waals surface area contributed by atoms with Gasteiger partial charge in [0.25, 0.3) is 0 Å². The molecule has 4 nitrogen and oxygen atoms in total. The van der Waals surface area contributed by atoms with Crippen molar-refractivity contribution < 1.29 is 9.53 Å². The zero-order valence-corrected chi connectivity index (χ0v) is 14.2. The third-order valence-electron chi connectivity index (χ3n) is 4.84. The number of amides is 1. The summed E-state index contributed by atoms with van der Waals surface area (Å²) in [6, 6.07) is 20.5. The van der Waals surface area contributed by atoms with E-state index in [4.69, 9.17) is 4.74 Å². The quantitative estimate of drug-likeness (QED) is 0.730. The van der Waals surface area contributed by atoms with Crippen LogP contribution in [0.3, 0.4) is 0 Å². The predicted molar refractivity (Wildman–Crippen MR) is 98.3 cm³/mol. The first kappa shape index (κ1) is 15.9. The molecule has 0 radical (unpaired) electrons. The molecule has 1 aromatic heterocycles. The maximum atomic E-state index is 12.7. The van der Waals surface area contributed by atoms with Crippen molar-refractivity contribution in [3.8, 4) is 0 Å². The van der Waals surface area contributed by atoms with E-state index >= 15 is 0 Å². The number of benzene rings is 2. The molecule has 128 valence electrons. The fraction of sp³-hybridized carbons (Fsp3) is 0.286. The molecular formula is C21H22N2O2. The average molecular weight is 334 g/mol. The van der Waals surface area contributed by atoms with Gasteiger partial charge in [0.15, 0.2) is 0 Å². The van der Waals surface area contributed by atoms with Crippen molar-refractivity contribution in [2.75, 3.05) is 19.7 Å². The first-order valence-corrected chi connectivity index (χ1v) is 8.79. The van der Waals surface area contributed by atoms with E-state index in [0.29, 0.717) is 32.7 Å². The van der Waals surface area contributed by atoms with E-state index in [1.807, 2.05) is 35.2 Å². The number of aromatic nitrogens is 1. The van der Waals surface area contributed by atoms with Crippen LogP contribution in [-0.4, -0.2) is 35.1 Å². The topological polar surface area (TPSA) is 34.5 Å². The molecule has 2 aromatic carbocycles. The van der Waals surface area contributed by atoms with Crippen molar-refractivity contribution in [3.63, 3.8) is 0 Å². The van der Waals surface area contributed by atoms with Crippen LogP contribution < -0.4 is 0 Å². The Morgan fingerprint density at radius 2 is 1.84 bits per heavy atom. The number of carbonyl (C=O) groups is 1. The van der Waals surface area contributed by atoms with Gasteiger partial charge in [-0.15, -0.1) is 0 Å². The lowest BCUT2D eigenvalue weighted by Crippen LogP contribution is -2.42. The van der Waals surface area contributed by atoms with Crippen molar-refractivity contribution in [1.82, 2.24) is 9.47 Å². The molecular weight excluding hydrogens is 312 g/mol. The minimum absolute atomic E-state index is 0.0219. The van der Waals surface area contributed by atoms with E-state index in [9.17, 15) is 4.79 Å². The Morgan fingerprint density at radius 3 is 2.72 bits per heavy atom. The Kier molecular flexibility index (Phi) is 4.53. The smallest absolute Gasteiger partial charge is 0.224 e. The van der Waals surface area contributed by atoms with E-state index < -0.39 is 0 Å². The minimum atomic E-state index is -0.0219. The van der Waals surface area contributed by atoms with E-state index in [0.717, 1.165) is 5.56 Å². The molecule has 1 saturated heterocycles. The number of nitrogens with zero attached hydrogens (tertiary/aromatic N) is 2. The molecule has 0 N–H and O–H groups in total. The van der Waals surface area contributed by atoms with Crippen LogP contribution in [0.15, 0.2) is 66.9 Å². The van der Waals surface area contributed by atoms with Crippen LogP contribution in [0, 0.1) is 0 Å². The molecule has 25 heavy (non-hydrogen) atoms. The summed E-state index contributed by atoms with van der Waals surface area (Å²) >= 11 is 0. The fourth-order valence-corrected chi connectivity index (χ4v) is 3.45. The van der Waals surface area contributed by atoms with Gasteiger partial charge in [-0.25, -0.2) is 0 Å². The summed E-state index contributed by atoms with van der Waals surface area (Å²) in [6.45, 7) is 2.61. The number of hydrogen-bond acceptors (Lipinski definition) is 2. The summed E-state index contributed by atoms with van der Waals surface area (Å²) in [5, 5.41) is 1.21. The zero-order valence-electron chi connectivity index (χ0n) is 14.2. The molecule has 0 saturated carbocycles. The molecule has 1 atom stereocenters. The summed E-state index contributed by atoms with van der Waals surface area (Å²) in [7, 11) is 0. The number of fused-ring (bicyclic) bond motifs is 1. The van der Waals surface area contributed by atoms with E-state index in [2.05, 4.69) is 41.1 Å². The average Bonchev–Trinajstić information content (AvgIpc) is 3.10. The standard InChI is InChI=1S/C21H22N2O2/c24-21(11-13-22-12-10-17-6-4-5-9-19(17)22)23-14-15-25-20(16-23)18-7-2-1-3-8-18/h1-10,12,20H,11,13-16H2/t20-/m0/s1. The van der Waals surface area contributed by atoms with Crippen LogP contribution in [0.2, 0.25) is 0 Å². The SMILES string of the molecule is O=C(CCn1ccc2ccccc21)N1CCO[C@H](c2ccccc2)C1. The first-order chi connectivity index (χ1) is 12.3. The number of morpholine rings is 1. The van der Waals surface area contributed by atoms with Gasteiger partial charge in [-0.05, 0) is 23.1 Å². The van der Waals surface area contributed by atoms with Gasteiger partial charge in [0.1, 0.15) is 6.10 Å². The summed E-state index contributed by atoms with van der Waals surface area (Å²) in [5.74, 6) is 0.196. The lowest BCUT2D eigenvalue weighted by Gasteiger charge is -2.33. The largest absolute Gasteiger partial charge is 0.370 e. The van der Waals surface area contributed by atoms with Crippen molar-refractivity contribution in [1.29, 1.82) is 0 Å². The summed E-state index contributed by atoms with van der Waals surface area (Å²) in [4.78, 5) is 14.6. The zero-order chi connectivity index (χ0) is 17.1. The molecule has 2 heterocycles. The summed E-state index contributed by atoms with van der Waals surface area (Å²) in [5.41, 5.74) is 2.32. The molecule has 0 spiro atoms. The van der Waals surface area contributed by atoms with E-state index in [1.165, 1.54) is 10.9 Å². The fourth-order valence-electron chi connectivity index (χ4n) is 3.45. The molecule has 4 rings (SSSR count). The maximum absolute atomic E-state index is 12.7. The second kappa shape index (κ2) is 7.11. The molecule has 4 heteroatoms. The Labute approximate surface area is 147 Å². The number of hydrogen-bond donors (Lipinski definition) is 0. The van der Waals surface area contributed by atoms with Gasteiger partial charge < -0.3 is 14.2 Å². The molecule has 1 aliphatic rings. The lowest BCUT2D eigenvalue weighted by molar-refractivity contribution is -0.139. The number of para-hydroxylation sites is 1. The highest BCUT2D eigenvalue weighted by atomic mass is 16.5. The van der Waals surface area contributed by atoms with Crippen LogP contribution in [-0.2, 0) is 16.1 Å². The van der Waals surface area contributed by atoms with Gasteiger partial charge in [0.05, 0.1) is 13.2 Å². The highest BCUT2D eigenvalue weighted by Crippen LogP contribution is 2.22. The van der Waals surface area contributed by atoms with E-state index in [-0.39, 0.29) is 12.0 Å². The maximum Gasteiger partial charge on any atom is 0.224 e. The normalized spacial score (nSPS) is 17.8. The van der Waals surface area contributed by atoms with Crippen LogP contribution in [0.1, 0.15) is 18.1 Å². The third kappa shape index (κ3) is 3.44. The van der Waals surface area contributed by atoms with Crippen molar-refractivity contribution in [2.45, 2.75) is 19.1 Å². The Bertz CT molecular complexity index is 856. The van der Waals surface area contributed by atoms with Gasteiger partial charge in [0, 0.05) is 31.2 Å². The Hall–Kier alpha value is -2.59. The molecule has 3 aromatic rings. The van der Waals surface area contributed by atoms with Gasteiger partial charge in [-0.2, -0.15) is 0 Å². The molecule has 1 fully saturated rings. The summed E-state index contributed by atoms with van der Waals surface area (Å²) < 4.78 is 8.01. The Morgan fingerprint density at radius 1 is 1.04 bits per heavy atom. The number of aryl methyl sites for hydroxylation is 1. The second-order valence-electron chi connectivity index (χ2n) is 6.43. The van der Waals surface area contributed by atoms with Crippen LogP contribution in [0.5, 0.6) is 0 Å². The van der Waals surface area contributed by atoms with Gasteiger partial charge in [-0.3, -0.25) is 4.79 Å². The van der Waals surface area contributed by atoms with Crippen molar-refractivity contribution in [2.24, 2.45) is 0 Å². The first-order valence-electron chi connectivity index (χ1n) is 8.79. The molecule has 1 aliphatic heterocycles. The highest BCUT2D eigenvalue weighted by Gasteiger charge is 2.25. The number of carbonyl (C=O) groups excluding carboxylic acids is 1. The summed E-state index contributed by atoms with van der Waals surface area (Å²) in [6.07, 6.45) is 2.55. The van der Waals surface area contributed by atoms with Crippen molar-refractivity contribution >= 4 is 16.8 Å². The van der Waals surface area contributed by atoms with Crippen molar-refractivity contribution in [3.05, 3.63) is 72.4 Å². The monoisotopic (exact) mass is 334 g/mol. The second-order valence-corrected chi connectivity index (χ2v) is 6.43. The molecule has 1 amide bonds. The minimum Gasteiger partial charge on any atom is -0.370 e. The highest BCUT2D eigenvalue weighted by molar-refractivity contribution is 5.80. The lowest BCUT2D eigenvalue weighted by atomic mass is 10.1. The van der Waals surface area contributed by atoms with Crippen LogP contribution in [0.25, 0.3) is 10.9 Å². The Balaban J connectivity index is 1.39. The van der Waals surface area contributed by atoms with Gasteiger partial charge in [-0.1, -0.05) is 48.5 Å². The van der Waals surface area contributed by atoms with Crippen LogP contribution in [0.4, 0.5) is 0 Å². The third-order valence-corrected chi connectivity index (χ3v) is 4.84.